The largest absolute Gasteiger partial charge is 0.358 e. The van der Waals surface area contributed by atoms with Crippen molar-refractivity contribution in [2.24, 2.45) is 5.73 Å². The fourth-order valence-electron chi connectivity index (χ4n) is 1.23. The number of nitrogens with zero attached hydrogens (tertiary/aromatic N) is 3. The van der Waals surface area contributed by atoms with Crippen LogP contribution in [0, 0.1) is 0 Å². The molecule has 1 aromatic rings. The van der Waals surface area contributed by atoms with Crippen LogP contribution in [0.5, 0.6) is 0 Å². The summed E-state index contributed by atoms with van der Waals surface area (Å²) in [5.74, 6) is 0.470. The van der Waals surface area contributed by atoms with Crippen molar-refractivity contribution < 1.29 is 4.79 Å². The lowest BCUT2D eigenvalue weighted by atomic mass is 10.4. The molecule has 0 saturated carbocycles. The molecule has 6 heteroatoms. The summed E-state index contributed by atoms with van der Waals surface area (Å²) in [6, 6.07) is 1.76. The molecule has 1 rings (SSSR count). The first-order chi connectivity index (χ1) is 7.71. The summed E-state index contributed by atoms with van der Waals surface area (Å²) in [4.78, 5) is 21.5. The lowest BCUT2D eigenvalue weighted by molar-refractivity contribution is -0.119. The number of rotatable bonds is 5. The van der Waals surface area contributed by atoms with Crippen LogP contribution in [-0.2, 0) is 11.3 Å². The first-order valence-electron chi connectivity index (χ1n) is 5.18. The van der Waals surface area contributed by atoms with Gasteiger partial charge < -0.3 is 16.0 Å². The molecule has 0 saturated heterocycles. The summed E-state index contributed by atoms with van der Waals surface area (Å²) in [7, 11) is 1.60. The van der Waals surface area contributed by atoms with Gasteiger partial charge in [0.25, 0.3) is 0 Å². The molecular formula is C10H17N5O. The second-order valence-electron chi connectivity index (χ2n) is 3.24. The van der Waals surface area contributed by atoms with Gasteiger partial charge in [-0.1, -0.05) is 0 Å². The molecule has 88 valence electrons. The van der Waals surface area contributed by atoms with Crippen molar-refractivity contribution in [1.82, 2.24) is 15.3 Å². The van der Waals surface area contributed by atoms with E-state index in [2.05, 4.69) is 15.3 Å². The Labute approximate surface area is 94.9 Å². The Morgan fingerprint density at radius 3 is 2.94 bits per heavy atom. The lowest BCUT2D eigenvalue weighted by Gasteiger charge is -2.19. The molecule has 0 aliphatic heterocycles. The van der Waals surface area contributed by atoms with Crippen molar-refractivity contribution in [3.63, 3.8) is 0 Å². The average Bonchev–Trinajstić information content (AvgIpc) is 2.35. The summed E-state index contributed by atoms with van der Waals surface area (Å²) >= 11 is 0. The number of nitrogens with two attached hydrogens (primary N) is 1. The minimum Gasteiger partial charge on any atom is -0.358 e. The number of likely N-dealkylation sites (N-methyl/N-ethyl adjacent to an activating group) is 2. The molecule has 1 amide bonds. The summed E-state index contributed by atoms with van der Waals surface area (Å²) in [6.07, 6.45) is 1.65. The third-order valence-electron chi connectivity index (χ3n) is 2.19. The van der Waals surface area contributed by atoms with Gasteiger partial charge in [0.05, 0.1) is 12.2 Å². The van der Waals surface area contributed by atoms with Crippen LogP contribution in [0.2, 0.25) is 0 Å². The average molecular weight is 223 g/mol. The van der Waals surface area contributed by atoms with E-state index in [4.69, 9.17) is 5.73 Å². The summed E-state index contributed by atoms with van der Waals surface area (Å²) < 4.78 is 0. The fraction of sp³-hybridized carbons (Fsp3) is 0.500. The molecule has 1 aromatic heterocycles. The van der Waals surface area contributed by atoms with Gasteiger partial charge in [0.1, 0.15) is 0 Å². The van der Waals surface area contributed by atoms with Gasteiger partial charge in [-0.05, 0) is 13.0 Å². The number of anilines is 1. The summed E-state index contributed by atoms with van der Waals surface area (Å²) in [5, 5.41) is 2.57. The van der Waals surface area contributed by atoms with Gasteiger partial charge in [0, 0.05) is 26.3 Å². The van der Waals surface area contributed by atoms with Gasteiger partial charge in [-0.3, -0.25) is 4.79 Å². The van der Waals surface area contributed by atoms with Crippen LogP contribution in [0.4, 0.5) is 5.95 Å². The number of carbonyl (C=O) groups excluding carboxylic acids is 1. The maximum atomic E-state index is 11.3. The van der Waals surface area contributed by atoms with Crippen molar-refractivity contribution in [3.05, 3.63) is 18.0 Å². The van der Waals surface area contributed by atoms with E-state index >= 15 is 0 Å². The molecule has 0 fully saturated rings. The first kappa shape index (κ1) is 12.4. The van der Waals surface area contributed by atoms with E-state index < -0.39 is 0 Å². The highest BCUT2D eigenvalue weighted by atomic mass is 16.1. The van der Waals surface area contributed by atoms with Crippen molar-refractivity contribution in [3.8, 4) is 0 Å². The number of amides is 1. The van der Waals surface area contributed by atoms with Crippen molar-refractivity contribution in [1.29, 1.82) is 0 Å². The SMILES string of the molecule is CCN(CC(=O)NC)c1nccc(CN)n1. The van der Waals surface area contributed by atoms with Gasteiger partial charge in [0.15, 0.2) is 0 Å². The topological polar surface area (TPSA) is 84.1 Å². The smallest absolute Gasteiger partial charge is 0.239 e. The predicted molar refractivity (Wildman–Crippen MR) is 61.9 cm³/mol. The van der Waals surface area contributed by atoms with Crippen molar-refractivity contribution >= 4 is 11.9 Å². The zero-order valence-corrected chi connectivity index (χ0v) is 9.60. The Bertz CT molecular complexity index is 355. The molecule has 0 spiro atoms. The van der Waals surface area contributed by atoms with Crippen molar-refractivity contribution in [2.75, 3.05) is 25.0 Å². The first-order valence-corrected chi connectivity index (χ1v) is 5.18. The maximum absolute atomic E-state index is 11.3. The molecule has 0 radical (unpaired) electrons. The van der Waals surface area contributed by atoms with E-state index in [0.29, 0.717) is 19.0 Å². The Morgan fingerprint density at radius 2 is 2.38 bits per heavy atom. The summed E-state index contributed by atoms with van der Waals surface area (Å²) in [5.41, 5.74) is 6.26. The molecule has 1 heterocycles. The van der Waals surface area contributed by atoms with Crippen LogP contribution in [0.25, 0.3) is 0 Å². The molecule has 0 bridgehead atoms. The van der Waals surface area contributed by atoms with E-state index in [-0.39, 0.29) is 12.5 Å². The molecule has 16 heavy (non-hydrogen) atoms. The number of aromatic nitrogens is 2. The Morgan fingerprint density at radius 1 is 1.62 bits per heavy atom. The second kappa shape index (κ2) is 6.02. The van der Waals surface area contributed by atoms with Crippen LogP contribution in [0.15, 0.2) is 12.3 Å². The van der Waals surface area contributed by atoms with E-state index in [1.807, 2.05) is 6.92 Å². The number of carbonyl (C=O) groups is 1. The zero-order chi connectivity index (χ0) is 12.0. The highest BCUT2D eigenvalue weighted by Gasteiger charge is 2.11. The van der Waals surface area contributed by atoms with E-state index in [1.54, 1.807) is 24.2 Å². The minimum atomic E-state index is -0.0661. The zero-order valence-electron chi connectivity index (χ0n) is 9.60. The Hall–Kier alpha value is -1.69. The predicted octanol–water partition coefficient (Wildman–Crippen LogP) is -0.492. The van der Waals surface area contributed by atoms with Crippen LogP contribution in [0.1, 0.15) is 12.6 Å². The van der Waals surface area contributed by atoms with Gasteiger partial charge in [-0.2, -0.15) is 0 Å². The number of hydrogen-bond donors (Lipinski definition) is 2. The van der Waals surface area contributed by atoms with Gasteiger partial charge in [-0.15, -0.1) is 0 Å². The van der Waals surface area contributed by atoms with E-state index in [9.17, 15) is 4.79 Å². The van der Waals surface area contributed by atoms with Crippen LogP contribution in [0.3, 0.4) is 0 Å². The molecule has 0 aromatic carbocycles. The fourth-order valence-corrected chi connectivity index (χ4v) is 1.23. The maximum Gasteiger partial charge on any atom is 0.239 e. The summed E-state index contributed by atoms with van der Waals surface area (Å²) in [6.45, 7) is 3.23. The normalized spacial score (nSPS) is 9.94. The third-order valence-corrected chi connectivity index (χ3v) is 2.19. The van der Waals surface area contributed by atoms with Gasteiger partial charge >= 0.3 is 0 Å². The molecule has 0 aliphatic carbocycles. The van der Waals surface area contributed by atoms with Crippen molar-refractivity contribution in [2.45, 2.75) is 13.5 Å². The molecule has 0 unspecified atom stereocenters. The van der Waals surface area contributed by atoms with Gasteiger partial charge in [0.2, 0.25) is 11.9 Å². The standard InChI is InChI=1S/C10H17N5O/c1-3-15(7-9(16)12-2)10-13-5-4-8(6-11)14-10/h4-5H,3,6-7,11H2,1-2H3,(H,12,16). The van der Waals surface area contributed by atoms with E-state index in [0.717, 1.165) is 5.69 Å². The molecule has 6 nitrogen and oxygen atoms in total. The Kier molecular flexibility index (Phi) is 4.65. The second-order valence-corrected chi connectivity index (χ2v) is 3.24. The van der Waals surface area contributed by atoms with Gasteiger partial charge in [-0.25, -0.2) is 9.97 Å². The molecule has 0 atom stereocenters. The third kappa shape index (κ3) is 3.16. The number of nitrogens with one attached hydrogen (secondary N) is 1. The highest BCUT2D eigenvalue weighted by molar-refractivity contribution is 5.80. The van der Waals surface area contributed by atoms with Crippen LogP contribution in [-0.4, -0.2) is 36.0 Å². The molecule has 3 N–H and O–H groups in total. The molecular weight excluding hydrogens is 206 g/mol. The monoisotopic (exact) mass is 223 g/mol. The minimum absolute atomic E-state index is 0.0661. The van der Waals surface area contributed by atoms with Crippen LogP contribution >= 0.6 is 0 Å². The van der Waals surface area contributed by atoms with Crippen LogP contribution < -0.4 is 16.0 Å². The quantitative estimate of drug-likeness (QED) is 0.703. The molecule has 0 aliphatic rings. The van der Waals surface area contributed by atoms with E-state index in [1.165, 1.54) is 0 Å². The number of hydrogen-bond acceptors (Lipinski definition) is 5. The Balaban J connectivity index is 2.81. The lowest BCUT2D eigenvalue weighted by Crippen LogP contribution is -2.36. The highest BCUT2D eigenvalue weighted by Crippen LogP contribution is 2.06.